The van der Waals surface area contributed by atoms with Crippen LogP contribution in [0.1, 0.15) is 49.8 Å². The first kappa shape index (κ1) is 24.7. The Bertz CT molecular complexity index is 1040. The summed E-state index contributed by atoms with van der Waals surface area (Å²) in [5, 5.41) is 10.7. The van der Waals surface area contributed by atoms with Crippen molar-refractivity contribution in [2.45, 2.75) is 58.2 Å². The molecule has 3 aromatic rings. The number of aryl methyl sites for hydroxylation is 1. The molecular formula is C24H29F3N4O2. The van der Waals surface area contributed by atoms with Crippen molar-refractivity contribution >= 4 is 17.1 Å². The van der Waals surface area contributed by atoms with Gasteiger partial charge in [-0.05, 0) is 43.0 Å². The number of carboxylic acids is 1. The number of carboxylic acid groups (broad SMARTS) is 1. The van der Waals surface area contributed by atoms with Gasteiger partial charge in [-0.3, -0.25) is 0 Å². The van der Waals surface area contributed by atoms with E-state index in [4.69, 9.17) is 9.90 Å². The molecule has 0 unspecified atom stereocenters. The zero-order chi connectivity index (χ0) is 23.8. The molecule has 178 valence electrons. The summed E-state index contributed by atoms with van der Waals surface area (Å²) in [5.74, 6) is -1.81. The average Bonchev–Trinajstić information content (AvgIpc) is 3.24. The lowest BCUT2D eigenvalue weighted by molar-refractivity contribution is -0.192. The molecule has 0 amide bonds. The number of hydrogen-bond donors (Lipinski definition) is 3. The van der Waals surface area contributed by atoms with E-state index in [9.17, 15) is 13.2 Å². The maximum absolute atomic E-state index is 10.6. The average molecular weight is 463 g/mol. The summed E-state index contributed by atoms with van der Waals surface area (Å²) >= 11 is 0. The van der Waals surface area contributed by atoms with E-state index in [2.05, 4.69) is 50.6 Å². The lowest BCUT2D eigenvalue weighted by Gasteiger charge is -2.21. The number of H-pyrrole nitrogens is 1. The SMILES string of the molecule is Cc1nc2nc[nH]c2cc1-c1ccc(CNCCC2CCCCC2)cc1.O=C(O)C(F)(F)F. The fourth-order valence-corrected chi connectivity index (χ4v) is 4.07. The van der Waals surface area contributed by atoms with Gasteiger partial charge in [0.15, 0.2) is 5.65 Å². The smallest absolute Gasteiger partial charge is 0.475 e. The lowest BCUT2D eigenvalue weighted by Crippen LogP contribution is -2.21. The monoisotopic (exact) mass is 462 g/mol. The number of nitrogens with zero attached hydrogens (tertiary/aromatic N) is 2. The second kappa shape index (κ2) is 11.3. The molecule has 1 aliphatic carbocycles. The maximum Gasteiger partial charge on any atom is 0.490 e. The van der Waals surface area contributed by atoms with Gasteiger partial charge < -0.3 is 15.4 Å². The summed E-state index contributed by atoms with van der Waals surface area (Å²) in [6.45, 7) is 4.12. The standard InChI is InChI=1S/C22H28N4.C2HF3O2/c1-16-20(13-21-22(26-16)25-15-24-21)19-9-7-18(8-10-19)14-23-12-11-17-5-3-2-4-6-17;3-2(4,5)1(6)7/h7-10,13,15,17,23H,2-6,11-12,14H2,1H3,(H,24,25,26);(H,6,7). The van der Waals surface area contributed by atoms with Gasteiger partial charge in [-0.15, -0.1) is 0 Å². The molecule has 0 saturated heterocycles. The minimum atomic E-state index is -5.08. The molecule has 0 bridgehead atoms. The Hall–Kier alpha value is -2.94. The molecule has 1 fully saturated rings. The van der Waals surface area contributed by atoms with E-state index in [0.29, 0.717) is 0 Å². The number of benzene rings is 1. The van der Waals surface area contributed by atoms with Crippen molar-refractivity contribution in [2.24, 2.45) is 5.92 Å². The van der Waals surface area contributed by atoms with Gasteiger partial charge in [0, 0.05) is 17.8 Å². The van der Waals surface area contributed by atoms with Gasteiger partial charge in [0.05, 0.1) is 11.8 Å². The highest BCUT2D eigenvalue weighted by Gasteiger charge is 2.38. The summed E-state index contributed by atoms with van der Waals surface area (Å²) in [5.41, 5.74) is 6.49. The van der Waals surface area contributed by atoms with Crippen molar-refractivity contribution in [1.29, 1.82) is 0 Å². The first-order valence-corrected chi connectivity index (χ1v) is 11.1. The van der Waals surface area contributed by atoms with Crippen LogP contribution in [0.3, 0.4) is 0 Å². The molecule has 2 aromatic heterocycles. The van der Waals surface area contributed by atoms with Gasteiger partial charge in [0.2, 0.25) is 0 Å². The Labute approximate surface area is 190 Å². The number of aromatic nitrogens is 3. The van der Waals surface area contributed by atoms with Gasteiger partial charge in [-0.1, -0.05) is 56.4 Å². The molecule has 33 heavy (non-hydrogen) atoms. The zero-order valence-electron chi connectivity index (χ0n) is 18.6. The predicted molar refractivity (Wildman–Crippen MR) is 121 cm³/mol. The van der Waals surface area contributed by atoms with Crippen LogP contribution in [0.15, 0.2) is 36.7 Å². The number of nitrogens with one attached hydrogen (secondary N) is 2. The van der Waals surface area contributed by atoms with E-state index in [0.717, 1.165) is 35.9 Å². The third-order valence-electron chi connectivity index (χ3n) is 5.89. The quantitative estimate of drug-likeness (QED) is 0.413. The van der Waals surface area contributed by atoms with E-state index in [1.54, 1.807) is 6.33 Å². The largest absolute Gasteiger partial charge is 0.490 e. The molecule has 9 heteroatoms. The number of fused-ring (bicyclic) bond motifs is 1. The highest BCUT2D eigenvalue weighted by atomic mass is 19.4. The Kier molecular flexibility index (Phi) is 8.43. The number of halogens is 3. The summed E-state index contributed by atoms with van der Waals surface area (Å²) in [6, 6.07) is 11.0. The Morgan fingerprint density at radius 2 is 1.85 bits per heavy atom. The van der Waals surface area contributed by atoms with Gasteiger partial charge >= 0.3 is 12.1 Å². The van der Waals surface area contributed by atoms with E-state index in [1.807, 2.05) is 6.92 Å². The Balaban J connectivity index is 0.000000383. The van der Waals surface area contributed by atoms with Gasteiger partial charge in [0.1, 0.15) is 0 Å². The van der Waals surface area contributed by atoms with Crippen LogP contribution in [0.4, 0.5) is 13.2 Å². The van der Waals surface area contributed by atoms with Crippen LogP contribution in [0, 0.1) is 12.8 Å². The van der Waals surface area contributed by atoms with Gasteiger partial charge in [-0.2, -0.15) is 13.2 Å². The first-order chi connectivity index (χ1) is 15.7. The van der Waals surface area contributed by atoms with Crippen molar-refractivity contribution in [1.82, 2.24) is 20.3 Å². The lowest BCUT2D eigenvalue weighted by atomic mass is 9.87. The number of aliphatic carboxylic acids is 1. The van der Waals surface area contributed by atoms with Crippen LogP contribution < -0.4 is 5.32 Å². The van der Waals surface area contributed by atoms with Crippen LogP contribution in [0.2, 0.25) is 0 Å². The summed E-state index contributed by atoms with van der Waals surface area (Å²) in [4.78, 5) is 20.9. The van der Waals surface area contributed by atoms with E-state index >= 15 is 0 Å². The maximum atomic E-state index is 10.6. The summed E-state index contributed by atoms with van der Waals surface area (Å²) in [7, 11) is 0. The molecule has 1 saturated carbocycles. The molecule has 1 aliphatic rings. The van der Waals surface area contributed by atoms with Crippen molar-refractivity contribution < 1.29 is 23.1 Å². The third kappa shape index (κ3) is 7.28. The van der Waals surface area contributed by atoms with Gasteiger partial charge in [-0.25, -0.2) is 14.8 Å². The highest BCUT2D eigenvalue weighted by molar-refractivity contribution is 5.79. The van der Waals surface area contributed by atoms with Crippen LogP contribution >= 0.6 is 0 Å². The fourth-order valence-electron chi connectivity index (χ4n) is 4.07. The van der Waals surface area contributed by atoms with Crippen LogP contribution in [0.25, 0.3) is 22.3 Å². The fraction of sp³-hybridized carbons (Fsp3) is 0.458. The first-order valence-electron chi connectivity index (χ1n) is 11.1. The molecule has 0 atom stereocenters. The van der Waals surface area contributed by atoms with E-state index in [1.165, 1.54) is 55.2 Å². The number of rotatable bonds is 6. The van der Waals surface area contributed by atoms with E-state index < -0.39 is 12.1 Å². The predicted octanol–water partition coefficient (Wildman–Crippen LogP) is 5.63. The topological polar surface area (TPSA) is 90.9 Å². The minimum absolute atomic E-state index is 0.782. The molecule has 2 heterocycles. The van der Waals surface area contributed by atoms with E-state index in [-0.39, 0.29) is 0 Å². The Morgan fingerprint density at radius 1 is 1.18 bits per heavy atom. The van der Waals surface area contributed by atoms with Crippen molar-refractivity contribution in [2.75, 3.05) is 6.54 Å². The molecular weight excluding hydrogens is 433 g/mol. The number of imidazole rings is 1. The molecule has 3 N–H and O–H groups in total. The number of pyridine rings is 1. The molecule has 0 spiro atoms. The van der Waals surface area contributed by atoms with Gasteiger partial charge in [0.25, 0.3) is 0 Å². The third-order valence-corrected chi connectivity index (χ3v) is 5.89. The zero-order valence-corrected chi connectivity index (χ0v) is 18.6. The Morgan fingerprint density at radius 3 is 2.48 bits per heavy atom. The van der Waals surface area contributed by atoms with Crippen molar-refractivity contribution in [3.63, 3.8) is 0 Å². The van der Waals surface area contributed by atoms with Crippen LogP contribution in [-0.4, -0.2) is 38.7 Å². The molecule has 1 aromatic carbocycles. The number of alkyl halides is 3. The number of carbonyl (C=O) groups is 1. The second-order valence-corrected chi connectivity index (χ2v) is 8.36. The molecule has 0 radical (unpaired) electrons. The van der Waals surface area contributed by atoms with Crippen molar-refractivity contribution in [3.05, 3.63) is 47.9 Å². The second-order valence-electron chi connectivity index (χ2n) is 8.36. The summed E-state index contributed by atoms with van der Waals surface area (Å²) < 4.78 is 31.7. The highest BCUT2D eigenvalue weighted by Crippen LogP contribution is 2.26. The van der Waals surface area contributed by atoms with Crippen LogP contribution in [0.5, 0.6) is 0 Å². The summed E-state index contributed by atoms with van der Waals surface area (Å²) in [6.07, 6.45) is 5.12. The normalized spacial score (nSPS) is 14.7. The van der Waals surface area contributed by atoms with Crippen molar-refractivity contribution in [3.8, 4) is 11.1 Å². The molecule has 4 rings (SSSR count). The molecule has 6 nitrogen and oxygen atoms in total. The number of hydrogen-bond acceptors (Lipinski definition) is 4. The molecule has 0 aliphatic heterocycles. The van der Waals surface area contributed by atoms with Crippen LogP contribution in [-0.2, 0) is 11.3 Å². The number of aromatic amines is 1. The minimum Gasteiger partial charge on any atom is -0.475 e.